The summed E-state index contributed by atoms with van der Waals surface area (Å²) >= 11 is 1.64. The summed E-state index contributed by atoms with van der Waals surface area (Å²) in [5.74, 6) is 1.53. The zero-order valence-corrected chi connectivity index (χ0v) is 16.3. The molecule has 8 heteroatoms. The number of amides is 1. The molecule has 3 rings (SSSR count). The maximum Gasteiger partial charge on any atom is 0.232 e. The maximum atomic E-state index is 12.3. The minimum atomic E-state index is 0. The molecule has 1 saturated heterocycles. The molecule has 0 bridgehead atoms. The predicted molar refractivity (Wildman–Crippen MR) is 105 cm³/mol. The summed E-state index contributed by atoms with van der Waals surface area (Å²) in [5, 5.41) is 3.31. The highest BCUT2D eigenvalue weighted by molar-refractivity contribution is 7.99. The van der Waals surface area contributed by atoms with Gasteiger partial charge in [0.05, 0.1) is 11.4 Å². The maximum absolute atomic E-state index is 12.3. The highest BCUT2D eigenvalue weighted by Crippen LogP contribution is 2.15. The standard InChI is InChI=1S/C16H22N4OS.2ClH/c1-12-3-4-15-18-14(9-19(15)8-12)10-22-11-16(21)20-6-5-17-7-13(20)2;;/h3-4,8-9,13,17H,5-7,10-11H2,1-2H3;2*1H/t13-;;/m1../s1. The van der Waals surface area contributed by atoms with E-state index in [0.717, 1.165) is 36.7 Å². The van der Waals surface area contributed by atoms with E-state index in [2.05, 4.69) is 36.4 Å². The molecule has 1 aliphatic rings. The van der Waals surface area contributed by atoms with E-state index in [1.807, 2.05) is 21.6 Å². The van der Waals surface area contributed by atoms with Gasteiger partial charge in [0.15, 0.2) is 0 Å². The number of aromatic nitrogens is 2. The van der Waals surface area contributed by atoms with E-state index in [1.165, 1.54) is 5.56 Å². The summed E-state index contributed by atoms with van der Waals surface area (Å²) in [5.41, 5.74) is 3.20. The number of carbonyl (C=O) groups excluding carboxylic acids is 1. The Kier molecular flexibility index (Phi) is 8.36. The van der Waals surface area contributed by atoms with Crippen molar-refractivity contribution in [2.24, 2.45) is 0 Å². The number of nitrogens with one attached hydrogen (secondary N) is 1. The van der Waals surface area contributed by atoms with Crippen LogP contribution in [-0.2, 0) is 10.5 Å². The lowest BCUT2D eigenvalue weighted by Gasteiger charge is -2.33. The Morgan fingerprint density at radius 3 is 2.92 bits per heavy atom. The number of hydrogen-bond donors (Lipinski definition) is 1. The summed E-state index contributed by atoms with van der Waals surface area (Å²) in [6.07, 6.45) is 4.12. The van der Waals surface area contributed by atoms with Crippen LogP contribution < -0.4 is 5.32 Å². The Morgan fingerprint density at radius 1 is 1.38 bits per heavy atom. The molecule has 1 aliphatic heterocycles. The summed E-state index contributed by atoms with van der Waals surface area (Å²) in [6, 6.07) is 4.38. The fourth-order valence-electron chi connectivity index (χ4n) is 2.76. The van der Waals surface area contributed by atoms with Crippen molar-refractivity contribution in [1.82, 2.24) is 19.6 Å². The van der Waals surface area contributed by atoms with Crippen LogP contribution in [0.25, 0.3) is 5.65 Å². The molecule has 0 aliphatic carbocycles. The van der Waals surface area contributed by atoms with Crippen LogP contribution in [0.2, 0.25) is 0 Å². The van der Waals surface area contributed by atoms with Crippen molar-refractivity contribution in [2.75, 3.05) is 25.4 Å². The molecule has 0 radical (unpaired) electrons. The molecule has 2 aromatic rings. The molecular formula is C16H24Cl2N4OS. The summed E-state index contributed by atoms with van der Waals surface area (Å²) in [4.78, 5) is 18.8. The van der Waals surface area contributed by atoms with Crippen molar-refractivity contribution in [3.8, 4) is 0 Å². The van der Waals surface area contributed by atoms with E-state index in [4.69, 9.17) is 0 Å². The molecule has 3 heterocycles. The van der Waals surface area contributed by atoms with Gasteiger partial charge in [0.25, 0.3) is 0 Å². The predicted octanol–water partition coefficient (Wildman–Crippen LogP) is 2.54. The third-order valence-electron chi connectivity index (χ3n) is 3.95. The minimum Gasteiger partial charge on any atom is -0.337 e. The van der Waals surface area contributed by atoms with E-state index in [9.17, 15) is 4.79 Å². The van der Waals surface area contributed by atoms with E-state index >= 15 is 0 Å². The number of halogens is 2. The summed E-state index contributed by atoms with van der Waals surface area (Å²) in [7, 11) is 0. The van der Waals surface area contributed by atoms with Crippen LogP contribution in [0.4, 0.5) is 0 Å². The lowest BCUT2D eigenvalue weighted by molar-refractivity contribution is -0.131. The van der Waals surface area contributed by atoms with Gasteiger partial charge in [-0.3, -0.25) is 4.79 Å². The third kappa shape index (κ3) is 5.02. The number of hydrogen-bond acceptors (Lipinski definition) is 4. The number of aryl methyl sites for hydroxylation is 1. The van der Waals surface area contributed by atoms with Gasteiger partial charge in [-0.05, 0) is 25.5 Å². The molecule has 0 saturated carbocycles. The molecule has 0 unspecified atom stereocenters. The molecule has 2 aromatic heterocycles. The van der Waals surface area contributed by atoms with Gasteiger partial charge in [-0.2, -0.15) is 0 Å². The van der Waals surface area contributed by atoms with E-state index in [-0.39, 0.29) is 30.7 Å². The van der Waals surface area contributed by atoms with E-state index in [0.29, 0.717) is 11.8 Å². The SMILES string of the molecule is Cc1ccc2nc(CSCC(=O)N3CCNC[C@H]3C)cn2c1.Cl.Cl. The number of fused-ring (bicyclic) bond motifs is 1. The minimum absolute atomic E-state index is 0. The van der Waals surface area contributed by atoms with Crippen molar-refractivity contribution >= 4 is 48.1 Å². The van der Waals surface area contributed by atoms with Crippen molar-refractivity contribution in [1.29, 1.82) is 0 Å². The number of thioether (sulfide) groups is 1. The van der Waals surface area contributed by atoms with Gasteiger partial charge in [0, 0.05) is 43.8 Å². The molecule has 0 aromatic carbocycles. The second kappa shape index (κ2) is 9.51. The smallest absolute Gasteiger partial charge is 0.232 e. The molecule has 5 nitrogen and oxygen atoms in total. The number of imidazole rings is 1. The number of rotatable bonds is 4. The van der Waals surface area contributed by atoms with Crippen LogP contribution in [0.3, 0.4) is 0 Å². The van der Waals surface area contributed by atoms with Gasteiger partial charge < -0.3 is 14.6 Å². The average molecular weight is 391 g/mol. The van der Waals surface area contributed by atoms with Gasteiger partial charge in [-0.15, -0.1) is 36.6 Å². The summed E-state index contributed by atoms with van der Waals surface area (Å²) < 4.78 is 2.05. The zero-order chi connectivity index (χ0) is 15.5. The second-order valence-electron chi connectivity index (χ2n) is 5.84. The molecule has 1 fully saturated rings. The molecule has 0 spiro atoms. The quantitative estimate of drug-likeness (QED) is 0.871. The van der Waals surface area contributed by atoms with Gasteiger partial charge in [-0.1, -0.05) is 6.07 Å². The van der Waals surface area contributed by atoms with Crippen molar-refractivity contribution in [3.05, 3.63) is 35.8 Å². The number of carbonyl (C=O) groups is 1. The number of pyridine rings is 1. The first-order chi connectivity index (χ1) is 10.6. The van der Waals surface area contributed by atoms with Gasteiger partial charge >= 0.3 is 0 Å². The van der Waals surface area contributed by atoms with E-state index < -0.39 is 0 Å². The number of nitrogens with zero attached hydrogens (tertiary/aromatic N) is 3. The first kappa shape index (κ1) is 21.1. The Bertz CT molecular complexity index is 679. The molecular weight excluding hydrogens is 367 g/mol. The first-order valence-electron chi connectivity index (χ1n) is 7.65. The fourth-order valence-corrected chi connectivity index (χ4v) is 3.55. The lowest BCUT2D eigenvalue weighted by Crippen LogP contribution is -2.52. The Morgan fingerprint density at radius 2 is 2.17 bits per heavy atom. The van der Waals surface area contributed by atoms with E-state index in [1.54, 1.807) is 11.8 Å². The molecule has 1 N–H and O–H groups in total. The van der Waals surface area contributed by atoms with Crippen LogP contribution in [0.1, 0.15) is 18.2 Å². The second-order valence-corrected chi connectivity index (χ2v) is 6.82. The highest BCUT2D eigenvalue weighted by atomic mass is 35.5. The van der Waals surface area contributed by atoms with Gasteiger partial charge in [-0.25, -0.2) is 4.98 Å². The fraction of sp³-hybridized carbons (Fsp3) is 0.500. The van der Waals surface area contributed by atoms with Crippen LogP contribution >= 0.6 is 36.6 Å². The van der Waals surface area contributed by atoms with Crippen LogP contribution in [0, 0.1) is 6.92 Å². The molecule has 1 amide bonds. The van der Waals surface area contributed by atoms with Gasteiger partial charge in [0.2, 0.25) is 5.91 Å². The summed E-state index contributed by atoms with van der Waals surface area (Å²) in [6.45, 7) is 6.77. The van der Waals surface area contributed by atoms with Crippen molar-refractivity contribution in [2.45, 2.75) is 25.6 Å². The normalized spacial score (nSPS) is 17.2. The third-order valence-corrected chi connectivity index (χ3v) is 4.90. The topological polar surface area (TPSA) is 49.6 Å². The average Bonchev–Trinajstić information content (AvgIpc) is 2.89. The Labute approximate surface area is 159 Å². The molecule has 1 atom stereocenters. The first-order valence-corrected chi connectivity index (χ1v) is 8.81. The monoisotopic (exact) mass is 390 g/mol. The van der Waals surface area contributed by atoms with Crippen molar-refractivity contribution < 1.29 is 4.79 Å². The molecule has 24 heavy (non-hydrogen) atoms. The Hall–Kier alpha value is -0.950. The van der Waals surface area contributed by atoms with Gasteiger partial charge in [0.1, 0.15) is 5.65 Å². The Balaban J connectivity index is 0.00000144. The van der Waals surface area contributed by atoms with Crippen LogP contribution in [0.15, 0.2) is 24.5 Å². The van der Waals surface area contributed by atoms with Crippen LogP contribution in [0.5, 0.6) is 0 Å². The zero-order valence-electron chi connectivity index (χ0n) is 13.9. The lowest BCUT2D eigenvalue weighted by atomic mass is 10.2. The largest absolute Gasteiger partial charge is 0.337 e. The van der Waals surface area contributed by atoms with Crippen molar-refractivity contribution in [3.63, 3.8) is 0 Å². The highest BCUT2D eigenvalue weighted by Gasteiger charge is 2.22. The number of piperazine rings is 1. The van der Waals surface area contributed by atoms with Crippen LogP contribution in [-0.4, -0.2) is 51.6 Å². The molecule has 134 valence electrons.